The van der Waals surface area contributed by atoms with E-state index in [-0.39, 0.29) is 17.7 Å². The van der Waals surface area contributed by atoms with Gasteiger partial charge in [0.25, 0.3) is 5.56 Å². The largest absolute Gasteiger partial charge is 0.444 e. The van der Waals surface area contributed by atoms with Crippen molar-refractivity contribution in [2.75, 3.05) is 26.7 Å². The molecule has 3 rings (SSSR count). The standard InChI is InChI=1S/C23H30N4O4/c1-23(2,3)31-22(29)25-18-9-10-26(15-20(18)30-4)11-12-27-19-13-16(14-24)5-6-17(19)7-8-21(27)28/h5-8,13,18,20H,9-12,15H2,1-4H3,(H,25,29)/t18-,20-/m0/s1. The zero-order valence-corrected chi connectivity index (χ0v) is 18.6. The fourth-order valence-corrected chi connectivity index (χ4v) is 3.88. The minimum absolute atomic E-state index is 0.0904. The molecule has 0 spiro atoms. The first-order chi connectivity index (χ1) is 14.7. The van der Waals surface area contributed by atoms with Gasteiger partial charge in [-0.2, -0.15) is 5.26 Å². The third-order valence-electron chi connectivity index (χ3n) is 5.41. The number of piperidine rings is 1. The van der Waals surface area contributed by atoms with Gasteiger partial charge in [0, 0.05) is 39.4 Å². The van der Waals surface area contributed by atoms with E-state index in [1.807, 2.05) is 26.8 Å². The number of amides is 1. The van der Waals surface area contributed by atoms with Crippen LogP contribution in [-0.4, -0.2) is 60.1 Å². The smallest absolute Gasteiger partial charge is 0.407 e. The number of likely N-dealkylation sites (tertiary alicyclic amines) is 1. The molecule has 1 aromatic heterocycles. The molecule has 1 N–H and O–H groups in total. The molecule has 2 atom stereocenters. The van der Waals surface area contributed by atoms with E-state index < -0.39 is 11.7 Å². The van der Waals surface area contributed by atoms with E-state index in [2.05, 4.69) is 16.3 Å². The van der Waals surface area contributed by atoms with Crippen molar-refractivity contribution in [3.8, 4) is 6.07 Å². The third kappa shape index (κ3) is 5.84. The van der Waals surface area contributed by atoms with Gasteiger partial charge in [-0.15, -0.1) is 0 Å². The van der Waals surface area contributed by atoms with Crippen molar-refractivity contribution < 1.29 is 14.3 Å². The highest BCUT2D eigenvalue weighted by molar-refractivity contribution is 5.80. The molecule has 1 fully saturated rings. The molecule has 0 bridgehead atoms. The molecule has 31 heavy (non-hydrogen) atoms. The highest BCUT2D eigenvalue weighted by atomic mass is 16.6. The molecular formula is C23H30N4O4. The number of hydrogen-bond donors (Lipinski definition) is 1. The van der Waals surface area contributed by atoms with Gasteiger partial charge in [-0.25, -0.2) is 4.79 Å². The van der Waals surface area contributed by atoms with Crippen LogP contribution in [0, 0.1) is 11.3 Å². The van der Waals surface area contributed by atoms with Crippen LogP contribution in [0.25, 0.3) is 10.9 Å². The number of ether oxygens (including phenoxy) is 2. The first-order valence-electron chi connectivity index (χ1n) is 10.5. The average molecular weight is 427 g/mol. The molecule has 2 aromatic rings. The Labute approximate surface area is 182 Å². The maximum Gasteiger partial charge on any atom is 0.407 e. The lowest BCUT2D eigenvalue weighted by Gasteiger charge is -2.38. The number of nitrogens with zero attached hydrogens (tertiary/aromatic N) is 3. The highest BCUT2D eigenvalue weighted by Gasteiger charge is 2.31. The molecule has 8 heteroatoms. The van der Waals surface area contributed by atoms with Crippen molar-refractivity contribution in [3.05, 3.63) is 46.2 Å². The number of nitriles is 1. The Morgan fingerprint density at radius 2 is 2.00 bits per heavy atom. The van der Waals surface area contributed by atoms with Crippen LogP contribution in [0.2, 0.25) is 0 Å². The molecule has 0 radical (unpaired) electrons. The van der Waals surface area contributed by atoms with E-state index >= 15 is 0 Å². The predicted molar refractivity (Wildman–Crippen MR) is 118 cm³/mol. The molecule has 8 nitrogen and oxygen atoms in total. The summed E-state index contributed by atoms with van der Waals surface area (Å²) in [5, 5.41) is 13.0. The first kappa shape index (κ1) is 22.8. The third-order valence-corrected chi connectivity index (χ3v) is 5.41. The number of methoxy groups -OCH3 is 1. The highest BCUT2D eigenvalue weighted by Crippen LogP contribution is 2.17. The van der Waals surface area contributed by atoms with E-state index in [0.29, 0.717) is 25.2 Å². The minimum Gasteiger partial charge on any atom is -0.444 e. The number of pyridine rings is 1. The Morgan fingerprint density at radius 1 is 1.26 bits per heavy atom. The second-order valence-electron chi connectivity index (χ2n) is 8.82. The van der Waals surface area contributed by atoms with Crippen molar-refractivity contribution in [3.63, 3.8) is 0 Å². The molecule has 1 amide bonds. The number of aromatic nitrogens is 1. The molecule has 2 heterocycles. The zero-order valence-electron chi connectivity index (χ0n) is 18.6. The molecule has 1 saturated heterocycles. The molecule has 0 aliphatic carbocycles. The number of carbonyl (C=O) groups is 1. The van der Waals surface area contributed by atoms with Crippen LogP contribution < -0.4 is 10.9 Å². The Kier molecular flexibility index (Phi) is 6.98. The molecular weight excluding hydrogens is 396 g/mol. The summed E-state index contributed by atoms with van der Waals surface area (Å²) in [6.07, 6.45) is 0.111. The van der Waals surface area contributed by atoms with Gasteiger partial charge in [-0.3, -0.25) is 9.69 Å². The quantitative estimate of drug-likeness (QED) is 0.789. The Bertz CT molecular complexity index is 1030. The Morgan fingerprint density at radius 3 is 2.68 bits per heavy atom. The maximum atomic E-state index is 12.5. The normalized spacial score (nSPS) is 19.7. The average Bonchev–Trinajstić information content (AvgIpc) is 2.72. The second-order valence-corrected chi connectivity index (χ2v) is 8.82. The molecule has 0 saturated carbocycles. The van der Waals surface area contributed by atoms with Crippen LogP contribution in [0.4, 0.5) is 4.79 Å². The summed E-state index contributed by atoms with van der Waals surface area (Å²) in [6.45, 7) is 8.07. The lowest BCUT2D eigenvalue weighted by Crippen LogP contribution is -2.55. The van der Waals surface area contributed by atoms with Crippen LogP contribution in [0.5, 0.6) is 0 Å². The summed E-state index contributed by atoms with van der Waals surface area (Å²) >= 11 is 0. The number of nitrogens with one attached hydrogen (secondary N) is 1. The minimum atomic E-state index is -0.551. The van der Waals surface area contributed by atoms with Gasteiger partial charge in [-0.05, 0) is 50.8 Å². The monoisotopic (exact) mass is 426 g/mol. The number of alkyl carbamates (subject to hydrolysis) is 1. The van der Waals surface area contributed by atoms with Crippen molar-refractivity contribution >= 4 is 17.0 Å². The first-order valence-corrected chi connectivity index (χ1v) is 10.5. The van der Waals surface area contributed by atoms with Crippen LogP contribution >= 0.6 is 0 Å². The zero-order chi connectivity index (χ0) is 22.6. The van der Waals surface area contributed by atoms with Gasteiger partial charge < -0.3 is 19.4 Å². The van der Waals surface area contributed by atoms with Crippen LogP contribution in [0.1, 0.15) is 32.8 Å². The molecule has 166 valence electrons. The summed E-state index contributed by atoms with van der Waals surface area (Å²) in [4.78, 5) is 26.8. The molecule has 0 unspecified atom stereocenters. The second kappa shape index (κ2) is 9.50. The summed E-state index contributed by atoms with van der Waals surface area (Å²) in [5.41, 5.74) is 0.647. The topological polar surface area (TPSA) is 96.6 Å². The van der Waals surface area contributed by atoms with Gasteiger partial charge >= 0.3 is 6.09 Å². The Balaban J connectivity index is 1.65. The van der Waals surface area contributed by atoms with Crippen molar-refractivity contribution in [1.82, 2.24) is 14.8 Å². The van der Waals surface area contributed by atoms with E-state index in [1.165, 1.54) is 0 Å². The SMILES string of the molecule is CO[C@H]1CN(CCn2c(=O)ccc3ccc(C#N)cc32)CC[C@@H]1NC(=O)OC(C)(C)C. The summed E-state index contributed by atoms with van der Waals surface area (Å²) < 4.78 is 12.7. The van der Waals surface area contributed by atoms with Gasteiger partial charge in [-0.1, -0.05) is 6.07 Å². The summed E-state index contributed by atoms with van der Waals surface area (Å²) in [7, 11) is 1.64. The van der Waals surface area contributed by atoms with E-state index in [9.17, 15) is 14.9 Å². The van der Waals surface area contributed by atoms with Crippen molar-refractivity contribution in [1.29, 1.82) is 5.26 Å². The van der Waals surface area contributed by atoms with Crippen LogP contribution in [0.15, 0.2) is 35.1 Å². The maximum absolute atomic E-state index is 12.5. The number of rotatable bonds is 5. The molecule has 1 aliphatic heterocycles. The van der Waals surface area contributed by atoms with E-state index in [1.54, 1.807) is 35.9 Å². The number of hydrogen-bond acceptors (Lipinski definition) is 6. The lowest BCUT2D eigenvalue weighted by molar-refractivity contribution is -0.00306. The summed E-state index contributed by atoms with van der Waals surface area (Å²) in [5.74, 6) is 0. The number of fused-ring (bicyclic) bond motifs is 1. The van der Waals surface area contributed by atoms with Gasteiger partial charge in [0.1, 0.15) is 5.60 Å². The van der Waals surface area contributed by atoms with Gasteiger partial charge in [0.05, 0.1) is 29.3 Å². The van der Waals surface area contributed by atoms with Crippen LogP contribution in [0.3, 0.4) is 0 Å². The molecule has 1 aromatic carbocycles. The lowest BCUT2D eigenvalue weighted by atomic mass is 10.0. The Hall–Kier alpha value is -2.89. The van der Waals surface area contributed by atoms with E-state index in [0.717, 1.165) is 23.9 Å². The summed E-state index contributed by atoms with van der Waals surface area (Å²) in [6, 6.07) is 10.7. The fraction of sp³-hybridized carbons (Fsp3) is 0.522. The van der Waals surface area contributed by atoms with Crippen molar-refractivity contribution in [2.24, 2.45) is 0 Å². The fourth-order valence-electron chi connectivity index (χ4n) is 3.88. The van der Waals surface area contributed by atoms with Crippen LogP contribution in [-0.2, 0) is 16.0 Å². The van der Waals surface area contributed by atoms with Gasteiger partial charge in [0.2, 0.25) is 0 Å². The van der Waals surface area contributed by atoms with Crippen molar-refractivity contribution in [2.45, 2.75) is 51.5 Å². The number of benzene rings is 1. The van der Waals surface area contributed by atoms with E-state index in [4.69, 9.17) is 9.47 Å². The molecule has 1 aliphatic rings. The van der Waals surface area contributed by atoms with Gasteiger partial charge in [0.15, 0.2) is 0 Å². The predicted octanol–water partition coefficient (Wildman–Crippen LogP) is 2.49. The number of carbonyl (C=O) groups excluding carboxylic acids is 1.